The third kappa shape index (κ3) is 4.38. The van der Waals surface area contributed by atoms with Gasteiger partial charge in [-0.2, -0.15) is 0 Å². The highest BCUT2D eigenvalue weighted by atomic mass is 32.1. The molecule has 1 aromatic rings. The molecule has 1 heterocycles. The fraction of sp³-hybridized carbons (Fsp3) is 0.333. The first-order valence-corrected chi connectivity index (χ1v) is 4.91. The maximum atomic E-state index is 11.5. The summed E-state index contributed by atoms with van der Waals surface area (Å²) in [6.07, 6.45) is 0. The summed E-state index contributed by atoms with van der Waals surface area (Å²) in [6, 6.07) is -0.895. The number of hydrogen-bond donors (Lipinski definition) is 3. The number of carboxylic acids is 2. The minimum Gasteiger partial charge on any atom is -0.480 e. The first-order chi connectivity index (χ1) is 7.99. The van der Waals surface area contributed by atoms with Crippen molar-refractivity contribution >= 4 is 34.6 Å². The molecular formula is C6H7N5O5S. The molecule has 0 fully saturated rings. The molecule has 0 atom stereocenters. The van der Waals surface area contributed by atoms with E-state index in [2.05, 4.69) is 20.1 Å². The molecule has 1 aromatic heterocycles. The van der Waals surface area contributed by atoms with Crippen LogP contribution >= 0.6 is 11.5 Å². The minimum atomic E-state index is -1.32. The third-order valence-corrected chi connectivity index (χ3v) is 1.96. The van der Waals surface area contributed by atoms with Crippen molar-refractivity contribution in [1.82, 2.24) is 19.7 Å². The van der Waals surface area contributed by atoms with E-state index in [-0.39, 0.29) is 5.13 Å². The monoisotopic (exact) mass is 261 g/mol. The van der Waals surface area contributed by atoms with Gasteiger partial charge in [0.15, 0.2) is 0 Å². The molecule has 3 N–H and O–H groups in total. The summed E-state index contributed by atoms with van der Waals surface area (Å²) in [7, 11) is 0. The van der Waals surface area contributed by atoms with Crippen molar-refractivity contribution in [2.75, 3.05) is 18.4 Å². The lowest BCUT2D eigenvalue weighted by Gasteiger charge is -2.17. The molecule has 0 spiro atoms. The Morgan fingerprint density at radius 3 is 2.24 bits per heavy atom. The Kier molecular flexibility index (Phi) is 4.28. The Balaban J connectivity index is 2.65. The Bertz CT molecular complexity index is 404. The van der Waals surface area contributed by atoms with Crippen molar-refractivity contribution in [2.45, 2.75) is 0 Å². The number of rotatable bonds is 5. The number of carbonyl (C=O) groups is 3. The second-order valence-corrected chi connectivity index (χ2v) is 3.47. The van der Waals surface area contributed by atoms with Crippen molar-refractivity contribution in [2.24, 2.45) is 0 Å². The zero-order valence-electron chi connectivity index (χ0n) is 8.23. The van der Waals surface area contributed by atoms with Crippen molar-refractivity contribution < 1.29 is 24.6 Å². The molecule has 17 heavy (non-hydrogen) atoms. The molecule has 2 amide bonds. The van der Waals surface area contributed by atoms with Gasteiger partial charge in [-0.05, 0) is 5.21 Å². The Labute approximate surface area is 98.0 Å². The van der Waals surface area contributed by atoms with Crippen LogP contribution in [0.2, 0.25) is 0 Å². The first-order valence-electron chi connectivity index (χ1n) is 4.13. The highest BCUT2D eigenvalue weighted by Crippen LogP contribution is 2.06. The number of urea groups is 1. The summed E-state index contributed by atoms with van der Waals surface area (Å²) in [5, 5.41) is 25.9. The Morgan fingerprint density at radius 1 is 1.24 bits per heavy atom. The average molecular weight is 261 g/mol. The van der Waals surface area contributed by atoms with E-state index in [1.54, 1.807) is 0 Å². The number of aliphatic carboxylic acids is 2. The first kappa shape index (κ1) is 12.8. The molecule has 10 nitrogen and oxygen atoms in total. The van der Waals surface area contributed by atoms with E-state index in [0.717, 1.165) is 11.5 Å². The molecule has 0 saturated heterocycles. The number of anilines is 1. The number of hydrogen-bond acceptors (Lipinski definition) is 7. The van der Waals surface area contributed by atoms with Gasteiger partial charge in [-0.15, -0.1) is 0 Å². The van der Waals surface area contributed by atoms with E-state index >= 15 is 0 Å². The van der Waals surface area contributed by atoms with Gasteiger partial charge in [-0.1, -0.05) is 9.59 Å². The SMILES string of the molecule is O=C(O)CN(CC(=O)O)C(=O)Nc1nnns1. The predicted octanol–water partition coefficient (Wildman–Crippen LogP) is -1.06. The van der Waals surface area contributed by atoms with E-state index in [1.165, 1.54) is 0 Å². The second kappa shape index (κ2) is 5.69. The lowest BCUT2D eigenvalue weighted by atomic mass is 10.5. The summed E-state index contributed by atoms with van der Waals surface area (Å²) >= 11 is 0.781. The van der Waals surface area contributed by atoms with Crippen LogP contribution in [0.1, 0.15) is 0 Å². The third-order valence-electron chi connectivity index (χ3n) is 1.45. The van der Waals surface area contributed by atoms with Crippen molar-refractivity contribution in [3.8, 4) is 0 Å². The van der Waals surface area contributed by atoms with E-state index in [0.29, 0.717) is 4.90 Å². The van der Waals surface area contributed by atoms with Crippen LogP contribution in [0.25, 0.3) is 0 Å². The molecule has 0 aliphatic rings. The van der Waals surface area contributed by atoms with Crippen molar-refractivity contribution in [3.63, 3.8) is 0 Å². The average Bonchev–Trinajstić information content (AvgIpc) is 2.67. The lowest BCUT2D eigenvalue weighted by Crippen LogP contribution is -2.41. The van der Waals surface area contributed by atoms with Crippen LogP contribution in [0, 0.1) is 0 Å². The summed E-state index contributed by atoms with van der Waals surface area (Å²) in [6.45, 7) is -1.46. The number of nitrogens with one attached hydrogen (secondary N) is 1. The van der Waals surface area contributed by atoms with Crippen LogP contribution in [-0.4, -0.2) is 61.0 Å². The summed E-state index contributed by atoms with van der Waals surface area (Å²) in [4.78, 5) is 33.0. The molecule has 0 aliphatic heterocycles. The molecular weight excluding hydrogens is 254 g/mol. The number of carbonyl (C=O) groups excluding carboxylic acids is 1. The van der Waals surface area contributed by atoms with Gasteiger partial charge in [-0.3, -0.25) is 14.9 Å². The van der Waals surface area contributed by atoms with E-state index in [1.807, 2.05) is 0 Å². The Morgan fingerprint density at radius 2 is 1.82 bits per heavy atom. The van der Waals surface area contributed by atoms with Gasteiger partial charge in [0.25, 0.3) is 0 Å². The van der Waals surface area contributed by atoms with Crippen LogP contribution < -0.4 is 5.32 Å². The van der Waals surface area contributed by atoms with E-state index in [4.69, 9.17) is 10.2 Å². The zero-order chi connectivity index (χ0) is 12.8. The zero-order valence-corrected chi connectivity index (χ0v) is 9.05. The molecule has 0 aliphatic carbocycles. The maximum absolute atomic E-state index is 11.5. The normalized spacial score (nSPS) is 9.65. The number of nitrogens with zero attached hydrogens (tertiary/aromatic N) is 4. The summed E-state index contributed by atoms with van der Waals surface area (Å²) < 4.78 is 3.37. The fourth-order valence-corrected chi connectivity index (χ4v) is 1.23. The van der Waals surface area contributed by atoms with Crippen molar-refractivity contribution in [1.29, 1.82) is 0 Å². The van der Waals surface area contributed by atoms with Gasteiger partial charge in [0.1, 0.15) is 13.1 Å². The fourth-order valence-electron chi connectivity index (χ4n) is 0.878. The van der Waals surface area contributed by atoms with Crippen LogP contribution in [0.3, 0.4) is 0 Å². The quantitative estimate of drug-likeness (QED) is 0.607. The van der Waals surface area contributed by atoms with E-state index < -0.39 is 31.1 Å². The van der Waals surface area contributed by atoms with Gasteiger partial charge in [-0.25, -0.2) is 4.79 Å². The van der Waals surface area contributed by atoms with Gasteiger partial charge in [0.2, 0.25) is 5.13 Å². The van der Waals surface area contributed by atoms with Gasteiger partial charge in [0.05, 0.1) is 0 Å². The molecule has 0 radical (unpaired) electrons. The van der Waals surface area contributed by atoms with Gasteiger partial charge >= 0.3 is 18.0 Å². The summed E-state index contributed by atoms with van der Waals surface area (Å²) in [5.41, 5.74) is 0. The maximum Gasteiger partial charge on any atom is 0.324 e. The van der Waals surface area contributed by atoms with E-state index in [9.17, 15) is 14.4 Å². The largest absolute Gasteiger partial charge is 0.480 e. The number of carboxylic acid groups (broad SMARTS) is 2. The molecule has 11 heteroatoms. The molecule has 0 aromatic carbocycles. The standard InChI is InChI=1S/C6H7N5O5S/c12-3(13)1-11(2-4(14)15)6(16)7-5-8-9-10-17-5/h1-2H2,(H,12,13)(H,14,15)(H,7,8,10,16). The minimum absolute atomic E-state index is 0.0516. The smallest absolute Gasteiger partial charge is 0.324 e. The predicted molar refractivity (Wildman–Crippen MR) is 53.6 cm³/mol. The molecule has 0 saturated carbocycles. The summed E-state index contributed by atoms with van der Waals surface area (Å²) in [5.74, 6) is -2.64. The number of aromatic nitrogens is 3. The number of amides is 2. The Hall–Kier alpha value is -2.30. The van der Waals surface area contributed by atoms with Crippen LogP contribution in [0.15, 0.2) is 0 Å². The topological polar surface area (TPSA) is 146 Å². The second-order valence-electron chi connectivity index (χ2n) is 2.74. The highest BCUT2D eigenvalue weighted by Gasteiger charge is 2.20. The van der Waals surface area contributed by atoms with Crippen molar-refractivity contribution in [3.05, 3.63) is 0 Å². The molecule has 0 bridgehead atoms. The molecule has 0 unspecified atom stereocenters. The van der Waals surface area contributed by atoms with Crippen LogP contribution in [0.4, 0.5) is 9.93 Å². The molecule has 92 valence electrons. The van der Waals surface area contributed by atoms with Gasteiger partial charge < -0.3 is 15.1 Å². The van der Waals surface area contributed by atoms with Crippen LogP contribution in [-0.2, 0) is 9.59 Å². The van der Waals surface area contributed by atoms with Gasteiger partial charge in [0, 0.05) is 11.5 Å². The molecule has 1 rings (SSSR count). The highest BCUT2D eigenvalue weighted by molar-refractivity contribution is 7.09. The lowest BCUT2D eigenvalue weighted by molar-refractivity contribution is -0.140. The van der Waals surface area contributed by atoms with Crippen LogP contribution in [0.5, 0.6) is 0 Å².